The maximum absolute atomic E-state index is 10.8. The molecule has 68 valence electrons. The van der Waals surface area contributed by atoms with Crippen molar-refractivity contribution in [3.05, 3.63) is 24.3 Å². The van der Waals surface area contributed by atoms with E-state index in [2.05, 4.69) is 6.92 Å². The lowest BCUT2D eigenvalue weighted by Gasteiger charge is -1.97. The largest absolute Gasteiger partial charge is 0.463 e. The number of carbonyl (C=O) groups is 1. The zero-order valence-corrected chi connectivity index (χ0v) is 7.75. The second kappa shape index (κ2) is 8.05. The Labute approximate surface area is 73.9 Å². The third kappa shape index (κ3) is 7.06. The summed E-state index contributed by atoms with van der Waals surface area (Å²) in [4.78, 5) is 10.8. The molecule has 0 aliphatic carbocycles. The predicted molar refractivity (Wildman–Crippen MR) is 49.8 cm³/mol. The Morgan fingerprint density at radius 3 is 2.75 bits per heavy atom. The molecule has 2 nitrogen and oxygen atoms in total. The molecule has 0 spiro atoms. The zero-order valence-electron chi connectivity index (χ0n) is 7.75. The Bertz CT molecular complexity index is 169. The first-order chi connectivity index (χ1) is 5.81. The molecule has 0 rings (SSSR count). The number of hydrogen-bond acceptors (Lipinski definition) is 2. The van der Waals surface area contributed by atoms with E-state index in [0.717, 1.165) is 12.8 Å². The molecule has 0 atom stereocenters. The average molecular weight is 168 g/mol. The SMILES string of the molecule is CC=CC=CC(=O)OCCCC. The molecule has 0 aliphatic rings. The summed E-state index contributed by atoms with van der Waals surface area (Å²) in [5.41, 5.74) is 0. The van der Waals surface area contributed by atoms with Crippen molar-refractivity contribution in [2.75, 3.05) is 6.61 Å². The van der Waals surface area contributed by atoms with Crippen molar-refractivity contribution in [3.8, 4) is 0 Å². The molecule has 0 amide bonds. The van der Waals surface area contributed by atoms with Crippen molar-refractivity contribution in [2.24, 2.45) is 0 Å². The van der Waals surface area contributed by atoms with Crippen LogP contribution in [0.3, 0.4) is 0 Å². The van der Waals surface area contributed by atoms with Crippen LogP contribution < -0.4 is 0 Å². The summed E-state index contributed by atoms with van der Waals surface area (Å²) in [5, 5.41) is 0. The summed E-state index contributed by atoms with van der Waals surface area (Å²) in [7, 11) is 0. The van der Waals surface area contributed by atoms with Crippen LogP contribution in [0.5, 0.6) is 0 Å². The topological polar surface area (TPSA) is 26.3 Å². The Morgan fingerprint density at radius 2 is 2.17 bits per heavy atom. The van der Waals surface area contributed by atoms with E-state index in [0.29, 0.717) is 6.61 Å². The zero-order chi connectivity index (χ0) is 9.23. The van der Waals surface area contributed by atoms with Crippen molar-refractivity contribution < 1.29 is 9.53 Å². The van der Waals surface area contributed by atoms with Gasteiger partial charge in [-0.05, 0) is 13.3 Å². The van der Waals surface area contributed by atoms with Gasteiger partial charge in [-0.15, -0.1) is 0 Å². The van der Waals surface area contributed by atoms with Gasteiger partial charge in [-0.2, -0.15) is 0 Å². The lowest BCUT2D eigenvalue weighted by Crippen LogP contribution is -2.01. The Morgan fingerprint density at radius 1 is 1.42 bits per heavy atom. The molecule has 0 N–H and O–H groups in total. The molecule has 0 bridgehead atoms. The molecule has 0 aliphatic heterocycles. The van der Waals surface area contributed by atoms with E-state index in [1.165, 1.54) is 6.08 Å². The van der Waals surface area contributed by atoms with Crippen LogP contribution in [0.4, 0.5) is 0 Å². The number of ether oxygens (including phenoxy) is 1. The molecule has 0 saturated heterocycles. The van der Waals surface area contributed by atoms with Crippen LogP contribution in [0, 0.1) is 0 Å². The van der Waals surface area contributed by atoms with Gasteiger partial charge in [-0.25, -0.2) is 4.79 Å². The van der Waals surface area contributed by atoms with Gasteiger partial charge in [0.25, 0.3) is 0 Å². The fourth-order valence-corrected chi connectivity index (χ4v) is 0.610. The van der Waals surface area contributed by atoms with Crippen LogP contribution in [0.25, 0.3) is 0 Å². The lowest BCUT2D eigenvalue weighted by atomic mass is 10.4. The highest BCUT2D eigenvalue weighted by molar-refractivity contribution is 5.82. The van der Waals surface area contributed by atoms with Gasteiger partial charge in [-0.3, -0.25) is 0 Å². The molecule has 0 fully saturated rings. The highest BCUT2D eigenvalue weighted by Gasteiger charge is 1.93. The Kier molecular flexibility index (Phi) is 7.35. The van der Waals surface area contributed by atoms with Crippen molar-refractivity contribution in [2.45, 2.75) is 26.7 Å². The van der Waals surface area contributed by atoms with Crippen LogP contribution in [-0.2, 0) is 9.53 Å². The van der Waals surface area contributed by atoms with E-state index in [1.807, 2.05) is 13.0 Å². The number of rotatable bonds is 5. The van der Waals surface area contributed by atoms with Crippen LogP contribution in [0.2, 0.25) is 0 Å². The van der Waals surface area contributed by atoms with E-state index in [-0.39, 0.29) is 5.97 Å². The van der Waals surface area contributed by atoms with E-state index in [1.54, 1.807) is 12.2 Å². The number of carbonyl (C=O) groups excluding carboxylic acids is 1. The van der Waals surface area contributed by atoms with Crippen molar-refractivity contribution >= 4 is 5.97 Å². The second-order valence-electron chi connectivity index (χ2n) is 2.41. The third-order valence-electron chi connectivity index (χ3n) is 1.28. The summed E-state index contributed by atoms with van der Waals surface area (Å²) in [6.07, 6.45) is 8.73. The van der Waals surface area contributed by atoms with Gasteiger partial charge in [0.1, 0.15) is 0 Å². The van der Waals surface area contributed by atoms with Gasteiger partial charge < -0.3 is 4.74 Å². The molecule has 0 saturated carbocycles. The molecule has 0 heterocycles. The molecule has 0 unspecified atom stereocenters. The van der Waals surface area contributed by atoms with Gasteiger partial charge >= 0.3 is 5.97 Å². The van der Waals surface area contributed by atoms with E-state index < -0.39 is 0 Å². The minimum absolute atomic E-state index is 0.262. The summed E-state index contributed by atoms with van der Waals surface area (Å²) in [5.74, 6) is -0.262. The highest BCUT2D eigenvalue weighted by atomic mass is 16.5. The average Bonchev–Trinajstić information content (AvgIpc) is 2.06. The highest BCUT2D eigenvalue weighted by Crippen LogP contribution is 1.89. The monoisotopic (exact) mass is 168 g/mol. The molecule has 2 heteroatoms. The first-order valence-electron chi connectivity index (χ1n) is 4.27. The van der Waals surface area contributed by atoms with Crippen molar-refractivity contribution in [3.63, 3.8) is 0 Å². The minimum Gasteiger partial charge on any atom is -0.463 e. The molecule has 0 aromatic rings. The first kappa shape index (κ1) is 11.0. The fraction of sp³-hybridized carbons (Fsp3) is 0.500. The summed E-state index contributed by atoms with van der Waals surface area (Å²) in [6.45, 7) is 4.48. The molecule has 12 heavy (non-hydrogen) atoms. The van der Waals surface area contributed by atoms with Crippen LogP contribution in [0.15, 0.2) is 24.3 Å². The summed E-state index contributed by atoms with van der Waals surface area (Å²) < 4.78 is 4.87. The molecule has 0 aromatic carbocycles. The lowest BCUT2D eigenvalue weighted by molar-refractivity contribution is -0.137. The van der Waals surface area contributed by atoms with Gasteiger partial charge in [-0.1, -0.05) is 31.6 Å². The third-order valence-corrected chi connectivity index (χ3v) is 1.28. The van der Waals surface area contributed by atoms with Crippen LogP contribution in [-0.4, -0.2) is 12.6 Å². The molecular formula is C10H16O2. The normalized spacial score (nSPS) is 11.2. The maximum Gasteiger partial charge on any atom is 0.330 e. The van der Waals surface area contributed by atoms with E-state index >= 15 is 0 Å². The van der Waals surface area contributed by atoms with Crippen LogP contribution >= 0.6 is 0 Å². The Hall–Kier alpha value is -1.05. The smallest absolute Gasteiger partial charge is 0.330 e. The maximum atomic E-state index is 10.8. The second-order valence-corrected chi connectivity index (χ2v) is 2.41. The first-order valence-corrected chi connectivity index (χ1v) is 4.27. The summed E-state index contributed by atoms with van der Waals surface area (Å²) >= 11 is 0. The summed E-state index contributed by atoms with van der Waals surface area (Å²) in [6, 6.07) is 0. The fourth-order valence-electron chi connectivity index (χ4n) is 0.610. The Balaban J connectivity index is 3.45. The van der Waals surface area contributed by atoms with Crippen molar-refractivity contribution in [1.29, 1.82) is 0 Å². The quantitative estimate of drug-likeness (QED) is 0.273. The standard InChI is InChI=1S/C10H16O2/c1-3-5-7-8-10(11)12-9-6-4-2/h3,5,7-8H,4,6,9H2,1-2H3. The van der Waals surface area contributed by atoms with Gasteiger partial charge in [0.05, 0.1) is 6.61 Å². The van der Waals surface area contributed by atoms with Crippen LogP contribution in [0.1, 0.15) is 26.7 Å². The molecule has 0 aromatic heterocycles. The number of esters is 1. The number of allylic oxidation sites excluding steroid dienone is 3. The van der Waals surface area contributed by atoms with Gasteiger partial charge in [0, 0.05) is 6.08 Å². The molecular weight excluding hydrogens is 152 g/mol. The van der Waals surface area contributed by atoms with E-state index in [4.69, 9.17) is 4.74 Å². The van der Waals surface area contributed by atoms with Crippen molar-refractivity contribution in [1.82, 2.24) is 0 Å². The number of hydrogen-bond donors (Lipinski definition) is 0. The number of unbranched alkanes of at least 4 members (excludes halogenated alkanes) is 1. The van der Waals surface area contributed by atoms with Gasteiger partial charge in [0.2, 0.25) is 0 Å². The van der Waals surface area contributed by atoms with E-state index in [9.17, 15) is 4.79 Å². The van der Waals surface area contributed by atoms with Gasteiger partial charge in [0.15, 0.2) is 0 Å². The molecule has 0 radical (unpaired) electrons. The minimum atomic E-state index is -0.262. The predicted octanol–water partition coefficient (Wildman–Crippen LogP) is 2.46.